The van der Waals surface area contributed by atoms with Gasteiger partial charge < -0.3 is 15.0 Å². The number of hydrogen-bond donors (Lipinski definition) is 1. The summed E-state index contributed by atoms with van der Waals surface area (Å²) in [6.45, 7) is 0.255. The van der Waals surface area contributed by atoms with E-state index in [-0.39, 0.29) is 36.0 Å². The number of likely N-dealkylation sites (N-methyl/N-ethyl adjacent to an activating group) is 1. The van der Waals surface area contributed by atoms with Gasteiger partial charge in [0.2, 0.25) is 0 Å². The fraction of sp³-hybridized carbons (Fsp3) is 0.444. The van der Waals surface area contributed by atoms with Gasteiger partial charge >= 0.3 is 6.03 Å². The standard InChI is InChI=1S/C18H21N3O5S/c1-20-14-9-21(12-7-8-27(24,25)10-12)17(22)15(14)16(19-18(20)23)11-3-5-13(26-2)6-4-11/h3-6,12,16H,7-10H2,1-2H3,(H,19,23). The number of nitrogens with one attached hydrogen (secondary N) is 1. The molecule has 0 spiro atoms. The van der Waals surface area contributed by atoms with Crippen molar-refractivity contribution in [2.24, 2.45) is 0 Å². The zero-order valence-corrected chi connectivity index (χ0v) is 16.0. The van der Waals surface area contributed by atoms with Gasteiger partial charge in [-0.25, -0.2) is 13.2 Å². The molecular weight excluding hydrogens is 370 g/mol. The van der Waals surface area contributed by atoms with Crippen LogP contribution < -0.4 is 10.1 Å². The molecule has 1 aromatic rings. The van der Waals surface area contributed by atoms with E-state index in [1.54, 1.807) is 31.2 Å². The van der Waals surface area contributed by atoms with Crippen LogP contribution in [0.5, 0.6) is 5.75 Å². The van der Waals surface area contributed by atoms with Gasteiger partial charge in [0.25, 0.3) is 5.91 Å². The molecule has 27 heavy (non-hydrogen) atoms. The molecule has 3 aliphatic heterocycles. The van der Waals surface area contributed by atoms with Crippen LogP contribution >= 0.6 is 0 Å². The third kappa shape index (κ3) is 2.95. The summed E-state index contributed by atoms with van der Waals surface area (Å²) in [5.74, 6) is 0.557. The van der Waals surface area contributed by atoms with Gasteiger partial charge in [-0.1, -0.05) is 12.1 Å². The molecule has 3 aliphatic rings. The van der Waals surface area contributed by atoms with Gasteiger partial charge in [-0.2, -0.15) is 0 Å². The molecule has 0 radical (unpaired) electrons. The van der Waals surface area contributed by atoms with Crippen LogP contribution in [0.3, 0.4) is 0 Å². The lowest BCUT2D eigenvalue weighted by Crippen LogP contribution is -2.45. The van der Waals surface area contributed by atoms with Crippen LogP contribution in [0.25, 0.3) is 0 Å². The molecule has 1 fully saturated rings. The second-order valence-corrected chi connectivity index (χ2v) is 9.29. The minimum atomic E-state index is -3.11. The molecule has 3 heterocycles. The lowest BCUT2D eigenvalue weighted by Gasteiger charge is -2.31. The van der Waals surface area contributed by atoms with Crippen molar-refractivity contribution in [3.63, 3.8) is 0 Å². The largest absolute Gasteiger partial charge is 0.497 e. The van der Waals surface area contributed by atoms with Crippen molar-refractivity contribution in [3.8, 4) is 5.75 Å². The van der Waals surface area contributed by atoms with E-state index in [1.807, 2.05) is 12.1 Å². The summed E-state index contributed by atoms with van der Waals surface area (Å²) in [5, 5.41) is 2.87. The number of methoxy groups -OCH3 is 1. The summed E-state index contributed by atoms with van der Waals surface area (Å²) in [5.41, 5.74) is 1.92. The first-order valence-electron chi connectivity index (χ1n) is 8.73. The Morgan fingerprint density at radius 1 is 1.19 bits per heavy atom. The molecule has 0 bridgehead atoms. The van der Waals surface area contributed by atoms with Crippen molar-refractivity contribution in [2.45, 2.75) is 18.5 Å². The van der Waals surface area contributed by atoms with Crippen molar-refractivity contribution in [1.82, 2.24) is 15.1 Å². The summed E-state index contributed by atoms with van der Waals surface area (Å²) in [6, 6.07) is 5.99. The second-order valence-electron chi connectivity index (χ2n) is 7.06. The van der Waals surface area contributed by atoms with Crippen molar-refractivity contribution < 1.29 is 22.7 Å². The van der Waals surface area contributed by atoms with Gasteiger partial charge in [0, 0.05) is 13.1 Å². The number of carbonyl (C=O) groups excluding carboxylic acids is 2. The lowest BCUT2D eigenvalue weighted by molar-refractivity contribution is -0.127. The zero-order chi connectivity index (χ0) is 19.3. The quantitative estimate of drug-likeness (QED) is 0.817. The molecule has 9 heteroatoms. The topological polar surface area (TPSA) is 96.0 Å². The highest BCUT2D eigenvalue weighted by Gasteiger charge is 2.46. The normalized spacial score (nSPS) is 27.0. The average molecular weight is 391 g/mol. The third-order valence-corrected chi connectivity index (χ3v) is 7.24. The molecule has 0 saturated carbocycles. The summed E-state index contributed by atoms with van der Waals surface area (Å²) < 4.78 is 28.8. The molecule has 144 valence electrons. The van der Waals surface area contributed by atoms with Crippen LogP contribution in [0.1, 0.15) is 18.0 Å². The monoisotopic (exact) mass is 391 g/mol. The number of carbonyl (C=O) groups is 2. The average Bonchev–Trinajstić information content (AvgIpc) is 3.18. The van der Waals surface area contributed by atoms with E-state index in [1.165, 1.54) is 4.90 Å². The lowest BCUT2D eigenvalue weighted by atomic mass is 9.95. The highest BCUT2D eigenvalue weighted by atomic mass is 32.2. The first-order chi connectivity index (χ1) is 12.8. The minimum absolute atomic E-state index is 0.0163. The van der Waals surface area contributed by atoms with E-state index < -0.39 is 15.9 Å². The molecular formula is C18H21N3O5S. The van der Waals surface area contributed by atoms with E-state index in [0.717, 1.165) is 5.56 Å². The van der Waals surface area contributed by atoms with Crippen LogP contribution in [0.15, 0.2) is 35.5 Å². The molecule has 0 aromatic heterocycles. The fourth-order valence-corrected chi connectivity index (χ4v) is 5.68. The predicted octanol–water partition coefficient (Wildman–Crippen LogP) is 0.675. The van der Waals surface area contributed by atoms with E-state index in [4.69, 9.17) is 4.74 Å². The van der Waals surface area contributed by atoms with E-state index in [9.17, 15) is 18.0 Å². The fourth-order valence-electron chi connectivity index (χ4n) is 3.95. The number of sulfone groups is 1. The molecule has 0 aliphatic carbocycles. The number of amides is 3. The number of benzene rings is 1. The third-order valence-electron chi connectivity index (χ3n) is 5.49. The van der Waals surface area contributed by atoms with Gasteiger partial charge in [0.05, 0.1) is 42.5 Å². The molecule has 1 aromatic carbocycles. The van der Waals surface area contributed by atoms with Gasteiger partial charge in [-0.15, -0.1) is 0 Å². The maximum Gasteiger partial charge on any atom is 0.322 e. The van der Waals surface area contributed by atoms with Crippen LogP contribution in [-0.2, 0) is 14.6 Å². The Morgan fingerprint density at radius 2 is 1.89 bits per heavy atom. The summed E-state index contributed by atoms with van der Waals surface area (Å²) in [7, 11) is 0.0833. The zero-order valence-electron chi connectivity index (χ0n) is 15.1. The molecule has 1 N–H and O–H groups in total. The van der Waals surface area contributed by atoms with Crippen molar-refractivity contribution in [3.05, 3.63) is 41.1 Å². The number of hydrogen-bond acceptors (Lipinski definition) is 5. The van der Waals surface area contributed by atoms with Gasteiger partial charge in [-0.05, 0) is 24.1 Å². The first kappa shape index (κ1) is 17.8. The molecule has 2 atom stereocenters. The van der Waals surface area contributed by atoms with E-state index in [0.29, 0.717) is 23.4 Å². The van der Waals surface area contributed by atoms with Crippen molar-refractivity contribution in [1.29, 1.82) is 0 Å². The number of nitrogens with zero attached hydrogens (tertiary/aromatic N) is 2. The Hall–Kier alpha value is -2.55. The summed E-state index contributed by atoms with van der Waals surface area (Å²) in [6.07, 6.45) is 0.437. The highest BCUT2D eigenvalue weighted by molar-refractivity contribution is 7.91. The van der Waals surface area contributed by atoms with Crippen LogP contribution in [0.4, 0.5) is 4.79 Å². The summed E-state index contributed by atoms with van der Waals surface area (Å²) in [4.78, 5) is 28.6. The molecule has 3 amide bonds. The van der Waals surface area contributed by atoms with Gasteiger partial charge in [0.15, 0.2) is 9.84 Å². The van der Waals surface area contributed by atoms with Crippen LogP contribution in [0, 0.1) is 0 Å². The maximum atomic E-state index is 13.2. The second kappa shape index (κ2) is 6.26. The van der Waals surface area contributed by atoms with Crippen LogP contribution in [0.2, 0.25) is 0 Å². The Morgan fingerprint density at radius 3 is 2.48 bits per heavy atom. The summed E-state index contributed by atoms with van der Waals surface area (Å²) >= 11 is 0. The highest BCUT2D eigenvalue weighted by Crippen LogP contribution is 2.38. The Bertz CT molecular complexity index is 938. The number of ether oxygens (including phenoxy) is 1. The maximum absolute atomic E-state index is 13.2. The number of rotatable bonds is 3. The minimum Gasteiger partial charge on any atom is -0.497 e. The molecule has 8 nitrogen and oxygen atoms in total. The van der Waals surface area contributed by atoms with Crippen molar-refractivity contribution >= 4 is 21.8 Å². The van der Waals surface area contributed by atoms with Crippen molar-refractivity contribution in [2.75, 3.05) is 32.2 Å². The van der Waals surface area contributed by atoms with E-state index >= 15 is 0 Å². The van der Waals surface area contributed by atoms with Gasteiger partial charge in [-0.3, -0.25) is 9.69 Å². The van der Waals surface area contributed by atoms with Crippen LogP contribution in [-0.4, -0.2) is 68.4 Å². The first-order valence-corrected chi connectivity index (χ1v) is 10.6. The van der Waals surface area contributed by atoms with E-state index in [2.05, 4.69) is 5.32 Å². The Balaban J connectivity index is 1.68. The SMILES string of the molecule is COc1ccc(C2NC(=O)N(C)C3=C2C(=O)N(C2CCS(=O)(=O)C2)C3)cc1. The number of urea groups is 1. The van der Waals surface area contributed by atoms with Gasteiger partial charge in [0.1, 0.15) is 5.75 Å². The molecule has 2 unspecified atom stereocenters. The molecule has 4 rings (SSSR count). The Kier molecular flexibility index (Phi) is 4.14. The smallest absolute Gasteiger partial charge is 0.322 e. The molecule has 1 saturated heterocycles. The predicted molar refractivity (Wildman–Crippen MR) is 97.8 cm³/mol. The Labute approximate surface area is 157 Å².